The molecule has 1 N–H and O–H groups in total. The van der Waals surface area contributed by atoms with E-state index in [1.807, 2.05) is 48.7 Å². The van der Waals surface area contributed by atoms with Crippen LogP contribution >= 0.6 is 34.9 Å². The molecule has 3 aromatic rings. The molecule has 1 aromatic heterocycles. The summed E-state index contributed by atoms with van der Waals surface area (Å²) in [7, 11) is 0. The van der Waals surface area contributed by atoms with Gasteiger partial charge in [0, 0.05) is 21.4 Å². The Labute approximate surface area is 154 Å². The number of rotatable bonds is 5. The molecule has 3 nitrogen and oxygen atoms in total. The van der Waals surface area contributed by atoms with Crippen LogP contribution in [-0.2, 0) is 0 Å². The maximum Gasteiger partial charge on any atom is 0.255 e. The summed E-state index contributed by atoms with van der Waals surface area (Å²) in [6, 6.07) is 13.6. The van der Waals surface area contributed by atoms with Gasteiger partial charge in [-0.1, -0.05) is 31.7 Å². The lowest BCUT2D eigenvalue weighted by molar-refractivity contribution is 0.102. The van der Waals surface area contributed by atoms with E-state index in [1.165, 1.54) is 0 Å². The molecular formula is C18H18N2OS3. The van der Waals surface area contributed by atoms with Gasteiger partial charge in [-0.25, -0.2) is 4.98 Å². The topological polar surface area (TPSA) is 42.0 Å². The highest BCUT2D eigenvalue weighted by Gasteiger charge is 2.10. The standard InChI is InChI=1S/C18H18N2OS3/c1-11(2)23-14-6-4-5-12(9-14)17(21)19-13-7-8-15-16(10-13)24-18(20-15)22-3/h4-11H,1-3H3,(H,19,21). The molecular weight excluding hydrogens is 356 g/mol. The minimum atomic E-state index is -0.0878. The van der Waals surface area contributed by atoms with Gasteiger partial charge in [0.2, 0.25) is 0 Å². The van der Waals surface area contributed by atoms with Gasteiger partial charge in [-0.2, -0.15) is 0 Å². The Hall–Kier alpha value is -1.50. The van der Waals surface area contributed by atoms with E-state index >= 15 is 0 Å². The van der Waals surface area contributed by atoms with Crippen LogP contribution in [0.25, 0.3) is 10.2 Å². The second kappa shape index (κ2) is 7.59. The highest BCUT2D eigenvalue weighted by atomic mass is 32.2. The minimum absolute atomic E-state index is 0.0878. The third-order valence-electron chi connectivity index (χ3n) is 3.27. The zero-order chi connectivity index (χ0) is 17.1. The van der Waals surface area contributed by atoms with E-state index in [-0.39, 0.29) is 5.91 Å². The van der Waals surface area contributed by atoms with E-state index in [2.05, 4.69) is 24.1 Å². The number of hydrogen-bond donors (Lipinski definition) is 1. The van der Waals surface area contributed by atoms with Crippen molar-refractivity contribution in [2.45, 2.75) is 28.3 Å². The van der Waals surface area contributed by atoms with Gasteiger partial charge < -0.3 is 5.32 Å². The van der Waals surface area contributed by atoms with Gasteiger partial charge in [0.25, 0.3) is 5.91 Å². The first kappa shape index (κ1) is 17.3. The number of nitrogens with zero attached hydrogens (tertiary/aromatic N) is 1. The number of thioether (sulfide) groups is 2. The number of carbonyl (C=O) groups excluding carboxylic acids is 1. The fourth-order valence-electron chi connectivity index (χ4n) is 2.25. The Kier molecular flexibility index (Phi) is 5.48. The molecule has 0 fully saturated rings. The largest absolute Gasteiger partial charge is 0.322 e. The van der Waals surface area contributed by atoms with E-state index in [9.17, 15) is 4.79 Å². The SMILES string of the molecule is CSc1nc2ccc(NC(=O)c3cccc(SC(C)C)c3)cc2s1. The van der Waals surface area contributed by atoms with E-state index in [0.717, 1.165) is 25.1 Å². The second-order valence-corrected chi connectivity index (χ2v) is 9.25. The molecule has 0 atom stereocenters. The number of benzene rings is 2. The molecule has 0 bridgehead atoms. The lowest BCUT2D eigenvalue weighted by atomic mass is 10.2. The third kappa shape index (κ3) is 4.12. The Morgan fingerprint density at radius 1 is 1.21 bits per heavy atom. The first-order valence-electron chi connectivity index (χ1n) is 7.58. The molecule has 0 aliphatic rings. The lowest BCUT2D eigenvalue weighted by Crippen LogP contribution is -2.11. The van der Waals surface area contributed by atoms with E-state index in [0.29, 0.717) is 10.8 Å². The summed E-state index contributed by atoms with van der Waals surface area (Å²) in [5.74, 6) is -0.0878. The predicted octanol–water partition coefficient (Wildman–Crippen LogP) is 5.77. The Bertz CT molecular complexity index is 874. The zero-order valence-corrected chi connectivity index (χ0v) is 16.1. The van der Waals surface area contributed by atoms with E-state index in [1.54, 1.807) is 34.9 Å². The Balaban J connectivity index is 1.79. The molecule has 0 unspecified atom stereocenters. The molecule has 0 saturated carbocycles. The number of fused-ring (bicyclic) bond motifs is 1. The van der Waals surface area contributed by atoms with Crippen LogP contribution in [0.1, 0.15) is 24.2 Å². The van der Waals surface area contributed by atoms with Crippen molar-refractivity contribution in [3.8, 4) is 0 Å². The van der Waals surface area contributed by atoms with Gasteiger partial charge in [0.1, 0.15) is 0 Å². The highest BCUT2D eigenvalue weighted by Crippen LogP contribution is 2.30. The van der Waals surface area contributed by atoms with Crippen LogP contribution in [-0.4, -0.2) is 22.4 Å². The number of carbonyl (C=O) groups is 1. The molecule has 6 heteroatoms. The van der Waals surface area contributed by atoms with Gasteiger partial charge in [-0.15, -0.1) is 23.1 Å². The van der Waals surface area contributed by atoms with Crippen LogP contribution in [0.15, 0.2) is 51.7 Å². The van der Waals surface area contributed by atoms with Crippen LogP contribution in [0.2, 0.25) is 0 Å². The fraction of sp³-hybridized carbons (Fsp3) is 0.222. The molecule has 0 aliphatic heterocycles. The number of anilines is 1. The molecule has 0 radical (unpaired) electrons. The molecule has 2 aromatic carbocycles. The molecule has 124 valence electrons. The van der Waals surface area contributed by atoms with E-state index in [4.69, 9.17) is 0 Å². The third-order valence-corrected chi connectivity index (χ3v) is 6.27. The molecule has 3 rings (SSSR count). The van der Waals surface area contributed by atoms with Crippen molar-refractivity contribution in [1.82, 2.24) is 4.98 Å². The van der Waals surface area contributed by atoms with Gasteiger partial charge in [0.15, 0.2) is 4.34 Å². The molecule has 24 heavy (non-hydrogen) atoms. The van der Waals surface area contributed by atoms with Crippen LogP contribution in [0.4, 0.5) is 5.69 Å². The molecule has 1 amide bonds. The van der Waals surface area contributed by atoms with Crippen molar-refractivity contribution in [2.75, 3.05) is 11.6 Å². The monoisotopic (exact) mass is 374 g/mol. The Morgan fingerprint density at radius 2 is 2.04 bits per heavy atom. The summed E-state index contributed by atoms with van der Waals surface area (Å²) in [6.07, 6.45) is 2.02. The summed E-state index contributed by atoms with van der Waals surface area (Å²) >= 11 is 5.03. The highest BCUT2D eigenvalue weighted by molar-refractivity contribution is 8.00. The average molecular weight is 375 g/mol. The van der Waals surface area contributed by atoms with Crippen molar-refractivity contribution < 1.29 is 4.79 Å². The van der Waals surface area contributed by atoms with Gasteiger partial charge >= 0.3 is 0 Å². The summed E-state index contributed by atoms with van der Waals surface area (Å²) in [5.41, 5.74) is 2.44. The average Bonchev–Trinajstić information content (AvgIpc) is 2.97. The van der Waals surface area contributed by atoms with Gasteiger partial charge in [0.05, 0.1) is 10.2 Å². The van der Waals surface area contributed by atoms with Crippen LogP contribution in [0.3, 0.4) is 0 Å². The van der Waals surface area contributed by atoms with Crippen molar-refractivity contribution >= 4 is 56.7 Å². The zero-order valence-electron chi connectivity index (χ0n) is 13.7. The molecule has 0 spiro atoms. The quantitative estimate of drug-likeness (QED) is 0.576. The molecule has 0 saturated heterocycles. The maximum absolute atomic E-state index is 12.5. The normalized spacial score (nSPS) is 11.2. The summed E-state index contributed by atoms with van der Waals surface area (Å²) in [6.45, 7) is 4.29. The fourth-order valence-corrected chi connectivity index (χ4v) is 4.68. The van der Waals surface area contributed by atoms with Crippen LogP contribution in [0.5, 0.6) is 0 Å². The first-order valence-corrected chi connectivity index (χ1v) is 10.5. The smallest absolute Gasteiger partial charge is 0.255 e. The first-order chi connectivity index (χ1) is 11.5. The summed E-state index contributed by atoms with van der Waals surface area (Å²) in [4.78, 5) is 18.1. The van der Waals surface area contributed by atoms with Crippen molar-refractivity contribution in [1.29, 1.82) is 0 Å². The second-order valence-electron chi connectivity index (χ2n) is 5.51. The lowest BCUT2D eigenvalue weighted by Gasteiger charge is -2.08. The number of aromatic nitrogens is 1. The van der Waals surface area contributed by atoms with Crippen LogP contribution in [0, 0.1) is 0 Å². The number of hydrogen-bond acceptors (Lipinski definition) is 5. The minimum Gasteiger partial charge on any atom is -0.322 e. The number of nitrogens with one attached hydrogen (secondary N) is 1. The summed E-state index contributed by atoms with van der Waals surface area (Å²) in [5, 5.41) is 3.47. The number of amides is 1. The van der Waals surface area contributed by atoms with Crippen molar-refractivity contribution in [3.05, 3.63) is 48.0 Å². The predicted molar refractivity (Wildman–Crippen MR) is 107 cm³/mol. The molecule has 0 aliphatic carbocycles. The van der Waals surface area contributed by atoms with E-state index < -0.39 is 0 Å². The summed E-state index contributed by atoms with van der Waals surface area (Å²) < 4.78 is 2.12. The van der Waals surface area contributed by atoms with Crippen molar-refractivity contribution in [2.24, 2.45) is 0 Å². The van der Waals surface area contributed by atoms with Gasteiger partial charge in [-0.05, 0) is 42.7 Å². The maximum atomic E-state index is 12.5. The number of thiazole rings is 1. The van der Waals surface area contributed by atoms with Gasteiger partial charge in [-0.3, -0.25) is 4.79 Å². The molecule has 1 heterocycles. The van der Waals surface area contributed by atoms with Crippen LogP contribution < -0.4 is 5.32 Å². The Morgan fingerprint density at radius 3 is 2.79 bits per heavy atom. The van der Waals surface area contributed by atoms with Crippen molar-refractivity contribution in [3.63, 3.8) is 0 Å².